The molecule has 16 heavy (non-hydrogen) atoms. The van der Waals surface area contributed by atoms with Crippen LogP contribution in [0.1, 0.15) is 5.56 Å². The van der Waals surface area contributed by atoms with E-state index in [-0.39, 0.29) is 11.6 Å². The van der Waals surface area contributed by atoms with Gasteiger partial charge in [-0.15, -0.1) is 0 Å². The van der Waals surface area contributed by atoms with E-state index < -0.39 is 0 Å². The van der Waals surface area contributed by atoms with Crippen LogP contribution in [0, 0.1) is 5.82 Å². The average molecular weight is 281 g/mol. The van der Waals surface area contributed by atoms with Crippen LogP contribution < -0.4 is 4.74 Å². The van der Waals surface area contributed by atoms with Crippen LogP contribution in [0.15, 0.2) is 53.0 Å². The van der Waals surface area contributed by atoms with E-state index in [9.17, 15) is 4.39 Å². The molecule has 0 fully saturated rings. The van der Waals surface area contributed by atoms with Crippen molar-refractivity contribution < 1.29 is 9.13 Å². The van der Waals surface area contributed by atoms with Crippen molar-refractivity contribution in [2.45, 2.75) is 6.61 Å². The molecule has 0 saturated heterocycles. The minimum atomic E-state index is -0.363. The van der Waals surface area contributed by atoms with Gasteiger partial charge in [-0.05, 0) is 33.6 Å². The number of hydrogen-bond acceptors (Lipinski definition) is 1. The molecule has 0 amide bonds. The Kier molecular flexibility index (Phi) is 3.57. The summed E-state index contributed by atoms with van der Waals surface area (Å²) in [6.45, 7) is 0.369. The van der Waals surface area contributed by atoms with Crippen LogP contribution in [0.5, 0.6) is 5.75 Å². The van der Waals surface area contributed by atoms with Crippen molar-refractivity contribution in [1.29, 1.82) is 0 Å². The Morgan fingerprint density at radius 1 is 1.00 bits per heavy atom. The second kappa shape index (κ2) is 5.12. The number of benzene rings is 2. The van der Waals surface area contributed by atoms with Crippen molar-refractivity contribution in [2.24, 2.45) is 0 Å². The number of rotatable bonds is 3. The maximum absolute atomic E-state index is 13.5. The molecule has 0 bridgehead atoms. The third-order valence-corrected chi connectivity index (χ3v) is 2.77. The fourth-order valence-corrected chi connectivity index (χ4v) is 1.68. The molecule has 0 aliphatic carbocycles. The lowest BCUT2D eigenvalue weighted by Crippen LogP contribution is -1.97. The van der Waals surface area contributed by atoms with Gasteiger partial charge in [0.2, 0.25) is 0 Å². The molecule has 0 radical (unpaired) electrons. The van der Waals surface area contributed by atoms with Crippen molar-refractivity contribution >= 4 is 15.9 Å². The molecule has 0 unspecified atom stereocenters. The lowest BCUT2D eigenvalue weighted by Gasteiger charge is -2.07. The van der Waals surface area contributed by atoms with Gasteiger partial charge in [-0.3, -0.25) is 0 Å². The van der Waals surface area contributed by atoms with Crippen molar-refractivity contribution in [2.75, 3.05) is 0 Å². The largest absolute Gasteiger partial charge is 0.486 e. The highest BCUT2D eigenvalue weighted by atomic mass is 79.9. The number of hydrogen-bond donors (Lipinski definition) is 0. The molecule has 2 rings (SSSR count). The normalized spacial score (nSPS) is 10.1. The summed E-state index contributed by atoms with van der Waals surface area (Å²) in [7, 11) is 0. The van der Waals surface area contributed by atoms with Gasteiger partial charge in [-0.1, -0.05) is 36.4 Å². The Hall–Kier alpha value is -1.35. The first-order chi connectivity index (χ1) is 7.77. The van der Waals surface area contributed by atoms with Crippen molar-refractivity contribution in [3.05, 3.63) is 64.4 Å². The summed E-state index contributed by atoms with van der Waals surface area (Å²) in [4.78, 5) is 0. The summed E-state index contributed by atoms with van der Waals surface area (Å²) >= 11 is 3.12. The second-order valence-electron chi connectivity index (χ2n) is 3.33. The highest BCUT2D eigenvalue weighted by molar-refractivity contribution is 9.10. The monoisotopic (exact) mass is 280 g/mol. The van der Waals surface area contributed by atoms with E-state index in [0.717, 1.165) is 5.56 Å². The molecular formula is C13H10BrFO. The Morgan fingerprint density at radius 3 is 2.50 bits per heavy atom. The van der Waals surface area contributed by atoms with Gasteiger partial charge >= 0.3 is 0 Å². The summed E-state index contributed by atoms with van der Waals surface area (Å²) in [6.07, 6.45) is 0. The molecule has 0 aliphatic heterocycles. The van der Waals surface area contributed by atoms with E-state index in [0.29, 0.717) is 11.1 Å². The minimum Gasteiger partial charge on any atom is -0.486 e. The Morgan fingerprint density at radius 2 is 1.75 bits per heavy atom. The maximum atomic E-state index is 13.5. The first kappa shape index (κ1) is 11.1. The summed E-state index contributed by atoms with van der Waals surface area (Å²) < 4.78 is 19.3. The minimum absolute atomic E-state index is 0.262. The fourth-order valence-electron chi connectivity index (χ4n) is 1.33. The highest BCUT2D eigenvalue weighted by Crippen LogP contribution is 2.25. The number of halogens is 2. The SMILES string of the molecule is Fc1c(Br)cccc1OCc1ccccc1. The Balaban J connectivity index is 2.08. The lowest BCUT2D eigenvalue weighted by atomic mass is 10.2. The Labute approximate surface area is 102 Å². The van der Waals surface area contributed by atoms with Crippen LogP contribution in [-0.4, -0.2) is 0 Å². The molecule has 0 aliphatic rings. The average Bonchev–Trinajstić information content (AvgIpc) is 2.32. The van der Waals surface area contributed by atoms with E-state index in [1.165, 1.54) is 0 Å². The quantitative estimate of drug-likeness (QED) is 0.820. The summed E-state index contributed by atoms with van der Waals surface area (Å²) in [6, 6.07) is 14.7. The third kappa shape index (κ3) is 2.61. The van der Waals surface area contributed by atoms with Gasteiger partial charge in [-0.2, -0.15) is 0 Å². The van der Waals surface area contributed by atoms with Crippen molar-refractivity contribution in [3.8, 4) is 5.75 Å². The van der Waals surface area contributed by atoms with Crippen molar-refractivity contribution in [1.82, 2.24) is 0 Å². The summed E-state index contributed by atoms with van der Waals surface area (Å²) in [5.41, 5.74) is 1.02. The molecule has 0 atom stereocenters. The molecular weight excluding hydrogens is 271 g/mol. The smallest absolute Gasteiger partial charge is 0.179 e. The maximum Gasteiger partial charge on any atom is 0.179 e. The Bertz CT molecular complexity index is 471. The molecule has 0 heterocycles. The predicted molar refractivity (Wildman–Crippen MR) is 64.9 cm³/mol. The molecule has 1 nitrogen and oxygen atoms in total. The van der Waals surface area contributed by atoms with Crippen LogP contribution in [0.4, 0.5) is 4.39 Å². The third-order valence-electron chi connectivity index (χ3n) is 2.15. The van der Waals surface area contributed by atoms with E-state index in [1.807, 2.05) is 30.3 Å². The molecule has 0 saturated carbocycles. The highest BCUT2D eigenvalue weighted by Gasteiger charge is 2.06. The molecule has 82 valence electrons. The standard InChI is InChI=1S/C13H10BrFO/c14-11-7-4-8-12(13(11)15)16-9-10-5-2-1-3-6-10/h1-8H,9H2. The zero-order valence-electron chi connectivity index (χ0n) is 8.49. The van der Waals surface area contributed by atoms with Gasteiger partial charge in [0.25, 0.3) is 0 Å². The van der Waals surface area contributed by atoms with Gasteiger partial charge in [0.1, 0.15) is 6.61 Å². The molecule has 2 aromatic rings. The molecule has 0 N–H and O–H groups in total. The van der Waals surface area contributed by atoms with Crippen molar-refractivity contribution in [3.63, 3.8) is 0 Å². The van der Waals surface area contributed by atoms with Gasteiger partial charge < -0.3 is 4.74 Å². The van der Waals surface area contributed by atoms with Gasteiger partial charge in [0.05, 0.1) is 4.47 Å². The van der Waals surface area contributed by atoms with Crippen LogP contribution in [0.25, 0.3) is 0 Å². The molecule has 2 aromatic carbocycles. The van der Waals surface area contributed by atoms with Gasteiger partial charge in [-0.25, -0.2) is 4.39 Å². The predicted octanol–water partition coefficient (Wildman–Crippen LogP) is 4.17. The molecule has 0 aromatic heterocycles. The van der Waals surface area contributed by atoms with Crippen LogP contribution in [-0.2, 0) is 6.61 Å². The van der Waals surface area contributed by atoms with Crippen LogP contribution >= 0.6 is 15.9 Å². The first-order valence-corrected chi connectivity index (χ1v) is 5.67. The molecule has 0 spiro atoms. The first-order valence-electron chi connectivity index (χ1n) is 4.88. The number of ether oxygens (including phenoxy) is 1. The summed E-state index contributed by atoms with van der Waals surface area (Å²) in [5, 5.41) is 0. The lowest BCUT2D eigenvalue weighted by molar-refractivity contribution is 0.289. The van der Waals surface area contributed by atoms with E-state index in [1.54, 1.807) is 18.2 Å². The second-order valence-corrected chi connectivity index (χ2v) is 4.18. The zero-order valence-corrected chi connectivity index (χ0v) is 10.1. The van der Waals surface area contributed by atoms with Crippen LogP contribution in [0.3, 0.4) is 0 Å². The molecule has 3 heteroatoms. The topological polar surface area (TPSA) is 9.23 Å². The van der Waals surface area contributed by atoms with Crippen LogP contribution in [0.2, 0.25) is 0 Å². The van der Waals surface area contributed by atoms with Gasteiger partial charge in [0, 0.05) is 0 Å². The summed E-state index contributed by atoms with van der Waals surface area (Å²) in [5.74, 6) is -0.100. The zero-order chi connectivity index (χ0) is 11.4. The van der Waals surface area contributed by atoms with E-state index in [2.05, 4.69) is 15.9 Å². The van der Waals surface area contributed by atoms with E-state index >= 15 is 0 Å². The fraction of sp³-hybridized carbons (Fsp3) is 0.0769. The van der Waals surface area contributed by atoms with E-state index in [4.69, 9.17) is 4.74 Å². The van der Waals surface area contributed by atoms with Gasteiger partial charge in [0.15, 0.2) is 11.6 Å².